The fraction of sp³-hybridized carbons (Fsp3) is 0.600. The van der Waals surface area contributed by atoms with E-state index in [0.29, 0.717) is 17.8 Å². The first-order chi connectivity index (χ1) is 12.5. The van der Waals surface area contributed by atoms with Gasteiger partial charge >= 0.3 is 8.80 Å². The van der Waals surface area contributed by atoms with Crippen LogP contribution < -0.4 is 16.4 Å². The standard InChI is InChI=1S/C20H39N3O3Si/c1-11-27(24-21-18(8)12-15(2)3,25-22-19(9)13-16(4)5)26-23-20(10)14-17(6)7/h11-17,21-23H,1H2,2-10H3. The highest BCUT2D eigenvalue weighted by molar-refractivity contribution is 6.65. The molecule has 0 heterocycles. The van der Waals surface area contributed by atoms with E-state index in [9.17, 15) is 0 Å². The molecule has 3 N–H and O–H groups in total. The molecule has 0 saturated heterocycles. The Morgan fingerprint density at radius 2 is 0.926 bits per heavy atom. The van der Waals surface area contributed by atoms with Gasteiger partial charge in [0.15, 0.2) is 0 Å². The van der Waals surface area contributed by atoms with Gasteiger partial charge in [0.05, 0.1) is 0 Å². The molecule has 0 amide bonds. The van der Waals surface area contributed by atoms with Gasteiger partial charge < -0.3 is 0 Å². The molecular formula is C20H39N3O3Si. The SMILES string of the molecule is C=C[Si](ONC(C)=CC(C)C)(ONC(C)=CC(C)C)ONC(C)=CC(C)C. The topological polar surface area (TPSA) is 63.8 Å². The molecule has 0 atom stereocenters. The van der Waals surface area contributed by atoms with Gasteiger partial charge in [0.25, 0.3) is 0 Å². The minimum absolute atomic E-state index is 0.395. The van der Waals surface area contributed by atoms with Gasteiger partial charge in [-0.3, -0.25) is 30.0 Å². The van der Waals surface area contributed by atoms with Gasteiger partial charge in [-0.25, -0.2) is 0 Å². The normalized spacial score (nSPS) is 15.9. The first-order valence-corrected chi connectivity index (χ1v) is 11.3. The molecule has 7 heteroatoms. The Kier molecular flexibility index (Phi) is 12.0. The van der Waals surface area contributed by atoms with Crippen LogP contribution in [0.25, 0.3) is 0 Å². The van der Waals surface area contributed by atoms with Gasteiger partial charge in [0, 0.05) is 17.1 Å². The van der Waals surface area contributed by atoms with Crippen molar-refractivity contribution in [1.29, 1.82) is 0 Å². The Hall–Kier alpha value is -1.54. The molecule has 0 aliphatic heterocycles. The van der Waals surface area contributed by atoms with E-state index in [1.54, 1.807) is 5.70 Å². The van der Waals surface area contributed by atoms with Crippen LogP contribution in [0.1, 0.15) is 62.3 Å². The molecular weight excluding hydrogens is 358 g/mol. The maximum absolute atomic E-state index is 5.83. The highest BCUT2D eigenvalue weighted by Gasteiger charge is 2.42. The molecule has 156 valence electrons. The third kappa shape index (κ3) is 12.5. The summed E-state index contributed by atoms with van der Waals surface area (Å²) in [7, 11) is -3.30. The predicted molar refractivity (Wildman–Crippen MR) is 114 cm³/mol. The Balaban J connectivity index is 5.26. The predicted octanol–water partition coefficient (Wildman–Crippen LogP) is 4.89. The summed E-state index contributed by atoms with van der Waals surface area (Å²) in [6, 6.07) is 0. The Morgan fingerprint density at radius 3 is 1.11 bits per heavy atom. The minimum atomic E-state index is -3.30. The minimum Gasteiger partial charge on any atom is -0.278 e. The van der Waals surface area contributed by atoms with Crippen molar-refractivity contribution in [3.05, 3.63) is 47.6 Å². The maximum atomic E-state index is 5.83. The van der Waals surface area contributed by atoms with Crippen molar-refractivity contribution in [2.24, 2.45) is 17.8 Å². The molecule has 0 saturated carbocycles. The zero-order valence-electron chi connectivity index (χ0n) is 18.5. The third-order valence-electron chi connectivity index (χ3n) is 3.06. The van der Waals surface area contributed by atoms with Crippen molar-refractivity contribution in [3.8, 4) is 0 Å². The molecule has 0 rings (SSSR count). The lowest BCUT2D eigenvalue weighted by Gasteiger charge is -2.27. The molecule has 6 nitrogen and oxygen atoms in total. The smallest absolute Gasteiger partial charge is 0.278 e. The third-order valence-corrected chi connectivity index (χ3v) is 4.72. The lowest BCUT2D eigenvalue weighted by molar-refractivity contribution is -0.00606. The van der Waals surface area contributed by atoms with E-state index in [1.165, 1.54) is 0 Å². The van der Waals surface area contributed by atoms with E-state index >= 15 is 0 Å². The van der Waals surface area contributed by atoms with Crippen LogP contribution in [0.4, 0.5) is 0 Å². The van der Waals surface area contributed by atoms with Crippen LogP contribution in [0.5, 0.6) is 0 Å². The van der Waals surface area contributed by atoms with Gasteiger partial charge in [0.2, 0.25) is 0 Å². The zero-order valence-corrected chi connectivity index (χ0v) is 19.5. The molecule has 27 heavy (non-hydrogen) atoms. The average molecular weight is 398 g/mol. The summed E-state index contributed by atoms with van der Waals surface area (Å²) >= 11 is 0. The molecule has 0 aromatic carbocycles. The Morgan fingerprint density at radius 1 is 0.667 bits per heavy atom. The van der Waals surface area contributed by atoms with Crippen LogP contribution >= 0.6 is 0 Å². The van der Waals surface area contributed by atoms with Gasteiger partial charge in [0.1, 0.15) is 0 Å². The summed E-state index contributed by atoms with van der Waals surface area (Å²) in [6.07, 6.45) is 6.16. The van der Waals surface area contributed by atoms with Crippen LogP contribution in [0.2, 0.25) is 0 Å². The second kappa shape index (κ2) is 12.8. The maximum Gasteiger partial charge on any atom is 0.594 e. The van der Waals surface area contributed by atoms with E-state index in [0.717, 1.165) is 17.1 Å². The first kappa shape index (κ1) is 25.5. The zero-order chi connectivity index (χ0) is 21.0. The van der Waals surface area contributed by atoms with E-state index in [1.807, 2.05) is 20.8 Å². The van der Waals surface area contributed by atoms with Crippen LogP contribution in [0.15, 0.2) is 47.6 Å². The lowest BCUT2D eigenvalue weighted by atomic mass is 10.2. The van der Waals surface area contributed by atoms with Crippen LogP contribution in [0, 0.1) is 17.8 Å². The highest BCUT2D eigenvalue weighted by Crippen LogP contribution is 2.11. The summed E-state index contributed by atoms with van der Waals surface area (Å²) in [5.74, 6) is 1.18. The van der Waals surface area contributed by atoms with Crippen LogP contribution in [-0.2, 0) is 13.6 Å². The van der Waals surface area contributed by atoms with Gasteiger partial charge in [-0.1, -0.05) is 66.3 Å². The Bertz CT molecular complexity index is 471. The van der Waals surface area contributed by atoms with E-state index in [-0.39, 0.29) is 0 Å². The van der Waals surface area contributed by atoms with Gasteiger partial charge in [-0.2, -0.15) is 0 Å². The second-order valence-electron chi connectivity index (χ2n) is 7.70. The van der Waals surface area contributed by atoms with Crippen molar-refractivity contribution < 1.29 is 13.6 Å². The number of hydrogen-bond acceptors (Lipinski definition) is 6. The molecule has 0 spiro atoms. The van der Waals surface area contributed by atoms with Crippen LogP contribution in [0.3, 0.4) is 0 Å². The second-order valence-corrected chi connectivity index (χ2v) is 9.93. The summed E-state index contributed by atoms with van der Waals surface area (Å²) in [5.41, 5.74) is 12.9. The first-order valence-electron chi connectivity index (χ1n) is 9.50. The number of nitrogens with one attached hydrogen (secondary N) is 3. The van der Waals surface area contributed by atoms with Crippen molar-refractivity contribution in [2.75, 3.05) is 0 Å². The molecule has 0 fully saturated rings. The molecule has 0 radical (unpaired) electrons. The average Bonchev–Trinajstić information content (AvgIpc) is 2.52. The van der Waals surface area contributed by atoms with Gasteiger partial charge in [-0.15, -0.1) is 0 Å². The van der Waals surface area contributed by atoms with Crippen molar-refractivity contribution in [3.63, 3.8) is 0 Å². The molecule has 0 aliphatic carbocycles. The summed E-state index contributed by atoms with van der Waals surface area (Å²) in [5, 5.41) is 0. The van der Waals surface area contributed by atoms with Crippen molar-refractivity contribution >= 4 is 8.80 Å². The highest BCUT2D eigenvalue weighted by atomic mass is 28.4. The Labute approximate surface area is 167 Å². The van der Waals surface area contributed by atoms with Gasteiger partial charge in [-0.05, 0) is 44.2 Å². The van der Waals surface area contributed by atoms with E-state index < -0.39 is 8.80 Å². The van der Waals surface area contributed by atoms with Crippen molar-refractivity contribution in [1.82, 2.24) is 16.4 Å². The summed E-state index contributed by atoms with van der Waals surface area (Å²) in [4.78, 5) is 0. The van der Waals surface area contributed by atoms with Crippen molar-refractivity contribution in [2.45, 2.75) is 62.3 Å². The monoisotopic (exact) mass is 397 g/mol. The summed E-state index contributed by atoms with van der Waals surface area (Å²) in [6.45, 7) is 22.2. The van der Waals surface area contributed by atoms with Crippen LogP contribution in [-0.4, -0.2) is 8.80 Å². The molecule has 0 aliphatic rings. The number of rotatable bonds is 13. The molecule has 0 bridgehead atoms. The van der Waals surface area contributed by atoms with E-state index in [4.69, 9.17) is 13.6 Å². The number of hydroxylamine groups is 3. The number of hydrogen-bond donors (Lipinski definition) is 3. The lowest BCUT2D eigenvalue weighted by Crippen LogP contribution is -2.53. The summed E-state index contributed by atoms with van der Waals surface area (Å²) < 4.78 is 17.5. The largest absolute Gasteiger partial charge is 0.594 e. The van der Waals surface area contributed by atoms with E-state index in [2.05, 4.69) is 82.8 Å². The molecule has 0 aromatic heterocycles. The fourth-order valence-electron chi connectivity index (χ4n) is 2.24. The quantitative estimate of drug-likeness (QED) is 0.304. The number of allylic oxidation sites excluding steroid dienone is 6. The molecule has 0 unspecified atom stereocenters. The fourth-order valence-corrected chi connectivity index (χ4v) is 3.53. The molecule has 0 aromatic rings.